The molecule has 0 aliphatic carbocycles. The van der Waals surface area contributed by atoms with Crippen LogP contribution in [0, 0.1) is 12.3 Å². The van der Waals surface area contributed by atoms with Crippen LogP contribution in [-0.2, 0) is 12.6 Å². The van der Waals surface area contributed by atoms with E-state index < -0.39 is 11.9 Å². The second kappa shape index (κ2) is 4.03. The average molecular weight is 232 g/mol. The third kappa shape index (κ3) is 3.79. The summed E-state index contributed by atoms with van der Waals surface area (Å²) in [6.07, 6.45) is -3.97. The standard InChI is InChI=1S/C11H15F3N2/c1-7-5-8(11(12,13)14)16-9(15-7)6-10(2,3)4/h5H,6H2,1-4H3. The smallest absolute Gasteiger partial charge is 0.238 e. The highest BCUT2D eigenvalue weighted by atomic mass is 19.4. The minimum Gasteiger partial charge on any atom is -0.238 e. The lowest BCUT2D eigenvalue weighted by Crippen LogP contribution is -2.16. The van der Waals surface area contributed by atoms with Gasteiger partial charge in [0.2, 0.25) is 0 Å². The van der Waals surface area contributed by atoms with Crippen molar-refractivity contribution >= 4 is 0 Å². The number of alkyl halides is 3. The predicted molar refractivity (Wildman–Crippen MR) is 54.9 cm³/mol. The Morgan fingerprint density at radius 2 is 1.69 bits per heavy atom. The predicted octanol–water partition coefficient (Wildman–Crippen LogP) is 3.39. The molecule has 2 nitrogen and oxygen atoms in total. The number of aromatic nitrogens is 2. The molecule has 0 N–H and O–H groups in total. The SMILES string of the molecule is Cc1cc(C(F)(F)F)nc(CC(C)(C)C)n1. The summed E-state index contributed by atoms with van der Waals surface area (Å²) >= 11 is 0. The quantitative estimate of drug-likeness (QED) is 0.741. The van der Waals surface area contributed by atoms with E-state index in [1.165, 1.54) is 0 Å². The lowest BCUT2D eigenvalue weighted by atomic mass is 9.92. The molecule has 0 atom stereocenters. The van der Waals surface area contributed by atoms with E-state index in [0.717, 1.165) is 6.07 Å². The summed E-state index contributed by atoms with van der Waals surface area (Å²) in [5.41, 5.74) is -0.641. The van der Waals surface area contributed by atoms with Crippen molar-refractivity contribution in [2.45, 2.75) is 40.3 Å². The van der Waals surface area contributed by atoms with Crippen LogP contribution in [-0.4, -0.2) is 9.97 Å². The molecule has 0 aliphatic rings. The van der Waals surface area contributed by atoms with E-state index in [-0.39, 0.29) is 11.2 Å². The van der Waals surface area contributed by atoms with Gasteiger partial charge >= 0.3 is 6.18 Å². The van der Waals surface area contributed by atoms with Gasteiger partial charge in [-0.1, -0.05) is 20.8 Å². The molecule has 0 bridgehead atoms. The highest BCUT2D eigenvalue weighted by Crippen LogP contribution is 2.28. The Balaban J connectivity index is 3.09. The molecule has 0 saturated heterocycles. The van der Waals surface area contributed by atoms with Crippen molar-refractivity contribution in [3.05, 3.63) is 23.3 Å². The van der Waals surface area contributed by atoms with Crippen LogP contribution in [0.3, 0.4) is 0 Å². The molecule has 1 aromatic rings. The molecule has 5 heteroatoms. The fraction of sp³-hybridized carbons (Fsp3) is 0.636. The number of nitrogens with zero attached hydrogens (tertiary/aromatic N) is 2. The molecule has 1 heterocycles. The summed E-state index contributed by atoms with van der Waals surface area (Å²) in [6, 6.07) is 0.964. The second-order valence-corrected chi connectivity index (χ2v) is 5.05. The number of halogens is 3. The molecule has 0 fully saturated rings. The normalized spacial score (nSPS) is 12.9. The van der Waals surface area contributed by atoms with Crippen molar-refractivity contribution in [3.8, 4) is 0 Å². The molecule has 0 spiro atoms. The minimum atomic E-state index is -4.40. The Labute approximate surface area is 92.9 Å². The highest BCUT2D eigenvalue weighted by molar-refractivity contribution is 5.13. The van der Waals surface area contributed by atoms with E-state index in [1.54, 1.807) is 6.92 Å². The van der Waals surface area contributed by atoms with Gasteiger partial charge in [-0.05, 0) is 18.4 Å². The maximum atomic E-state index is 12.5. The first-order chi connectivity index (χ1) is 7.08. The Kier molecular flexibility index (Phi) is 3.26. The highest BCUT2D eigenvalue weighted by Gasteiger charge is 2.33. The van der Waals surface area contributed by atoms with Crippen LogP contribution in [0.15, 0.2) is 6.07 Å². The molecular formula is C11H15F3N2. The fourth-order valence-electron chi connectivity index (χ4n) is 1.33. The first-order valence-electron chi connectivity index (χ1n) is 5.00. The molecule has 0 aromatic carbocycles. The van der Waals surface area contributed by atoms with Gasteiger partial charge in [0.1, 0.15) is 11.5 Å². The summed E-state index contributed by atoms with van der Waals surface area (Å²) in [5, 5.41) is 0. The molecular weight excluding hydrogens is 217 g/mol. The maximum absolute atomic E-state index is 12.5. The van der Waals surface area contributed by atoms with Gasteiger partial charge in [-0.25, -0.2) is 9.97 Å². The number of hydrogen-bond acceptors (Lipinski definition) is 2. The average Bonchev–Trinajstić information content (AvgIpc) is 1.97. The first-order valence-corrected chi connectivity index (χ1v) is 5.00. The van der Waals surface area contributed by atoms with Crippen LogP contribution < -0.4 is 0 Å². The lowest BCUT2D eigenvalue weighted by molar-refractivity contribution is -0.141. The van der Waals surface area contributed by atoms with Gasteiger partial charge in [0.25, 0.3) is 0 Å². The summed E-state index contributed by atoms with van der Waals surface area (Å²) in [4.78, 5) is 7.58. The van der Waals surface area contributed by atoms with Gasteiger partial charge < -0.3 is 0 Å². The van der Waals surface area contributed by atoms with E-state index in [0.29, 0.717) is 12.1 Å². The van der Waals surface area contributed by atoms with Crippen molar-refractivity contribution in [2.24, 2.45) is 5.41 Å². The molecule has 0 amide bonds. The van der Waals surface area contributed by atoms with E-state index >= 15 is 0 Å². The van der Waals surface area contributed by atoms with E-state index in [1.807, 2.05) is 20.8 Å². The number of hydrogen-bond donors (Lipinski definition) is 0. The zero-order chi connectivity index (χ0) is 12.6. The zero-order valence-corrected chi connectivity index (χ0v) is 9.81. The van der Waals surface area contributed by atoms with Gasteiger partial charge in [0, 0.05) is 12.1 Å². The Morgan fingerprint density at radius 1 is 1.12 bits per heavy atom. The largest absolute Gasteiger partial charge is 0.433 e. The van der Waals surface area contributed by atoms with Crippen LogP contribution >= 0.6 is 0 Å². The molecule has 16 heavy (non-hydrogen) atoms. The van der Waals surface area contributed by atoms with Gasteiger partial charge in [-0.2, -0.15) is 13.2 Å². The molecule has 0 radical (unpaired) electrons. The van der Waals surface area contributed by atoms with Crippen molar-refractivity contribution in [1.29, 1.82) is 0 Å². The van der Waals surface area contributed by atoms with Gasteiger partial charge in [-0.3, -0.25) is 0 Å². The molecule has 1 rings (SSSR count). The third-order valence-electron chi connectivity index (χ3n) is 1.88. The van der Waals surface area contributed by atoms with Crippen LogP contribution in [0.25, 0.3) is 0 Å². The Bertz CT molecular complexity index is 378. The molecule has 0 unspecified atom stereocenters. The fourth-order valence-corrected chi connectivity index (χ4v) is 1.33. The number of rotatable bonds is 1. The van der Waals surface area contributed by atoms with Crippen LogP contribution in [0.5, 0.6) is 0 Å². The summed E-state index contributed by atoms with van der Waals surface area (Å²) in [6.45, 7) is 7.35. The van der Waals surface area contributed by atoms with Crippen molar-refractivity contribution in [2.75, 3.05) is 0 Å². The van der Waals surface area contributed by atoms with Gasteiger partial charge in [0.15, 0.2) is 0 Å². The summed E-state index contributed by atoms with van der Waals surface area (Å²) < 4.78 is 37.5. The second-order valence-electron chi connectivity index (χ2n) is 5.05. The summed E-state index contributed by atoms with van der Waals surface area (Å²) in [7, 11) is 0. The molecule has 1 aromatic heterocycles. The van der Waals surface area contributed by atoms with E-state index in [9.17, 15) is 13.2 Å². The first kappa shape index (κ1) is 12.9. The molecule has 0 saturated carbocycles. The van der Waals surface area contributed by atoms with Crippen molar-refractivity contribution in [1.82, 2.24) is 9.97 Å². The monoisotopic (exact) mass is 232 g/mol. The van der Waals surface area contributed by atoms with Crippen LogP contribution in [0.1, 0.15) is 38.0 Å². The Morgan fingerprint density at radius 3 is 2.12 bits per heavy atom. The summed E-state index contributed by atoms with van der Waals surface area (Å²) in [5.74, 6) is 0.250. The van der Waals surface area contributed by atoms with Crippen molar-refractivity contribution in [3.63, 3.8) is 0 Å². The maximum Gasteiger partial charge on any atom is 0.433 e. The number of aryl methyl sites for hydroxylation is 1. The van der Waals surface area contributed by atoms with Gasteiger partial charge in [-0.15, -0.1) is 0 Å². The lowest BCUT2D eigenvalue weighted by Gasteiger charge is -2.17. The third-order valence-corrected chi connectivity index (χ3v) is 1.88. The van der Waals surface area contributed by atoms with E-state index in [2.05, 4.69) is 9.97 Å². The topological polar surface area (TPSA) is 25.8 Å². The Hall–Kier alpha value is -1.13. The minimum absolute atomic E-state index is 0.128. The molecule has 0 aliphatic heterocycles. The zero-order valence-electron chi connectivity index (χ0n) is 9.81. The van der Waals surface area contributed by atoms with Crippen LogP contribution in [0.2, 0.25) is 0 Å². The van der Waals surface area contributed by atoms with Crippen LogP contribution in [0.4, 0.5) is 13.2 Å². The molecule has 90 valence electrons. The van der Waals surface area contributed by atoms with E-state index in [4.69, 9.17) is 0 Å². The van der Waals surface area contributed by atoms with Gasteiger partial charge in [0.05, 0.1) is 0 Å². The van der Waals surface area contributed by atoms with Crippen molar-refractivity contribution < 1.29 is 13.2 Å².